The highest BCUT2D eigenvalue weighted by Gasteiger charge is 2.20. The van der Waals surface area contributed by atoms with Crippen LogP contribution in [0.1, 0.15) is 16.8 Å². The second kappa shape index (κ2) is 6.75. The molecule has 0 aliphatic heterocycles. The van der Waals surface area contributed by atoms with Gasteiger partial charge in [-0.1, -0.05) is 13.0 Å². The SMILES string of the molecule is [CH2]CCOOC(=O)c1c(OC)cccc1OC. The molecular formula is C12H15O5. The molecule has 5 nitrogen and oxygen atoms in total. The van der Waals surface area contributed by atoms with E-state index in [0.29, 0.717) is 17.9 Å². The van der Waals surface area contributed by atoms with Crippen molar-refractivity contribution >= 4 is 5.97 Å². The summed E-state index contributed by atoms with van der Waals surface area (Å²) in [5, 5.41) is 0. The highest BCUT2D eigenvalue weighted by atomic mass is 17.2. The van der Waals surface area contributed by atoms with Gasteiger partial charge in [-0.25, -0.2) is 4.79 Å². The smallest absolute Gasteiger partial charge is 0.380 e. The van der Waals surface area contributed by atoms with Gasteiger partial charge in [0.25, 0.3) is 0 Å². The van der Waals surface area contributed by atoms with Crippen LogP contribution in [0.15, 0.2) is 18.2 Å². The van der Waals surface area contributed by atoms with E-state index in [1.165, 1.54) is 14.2 Å². The largest absolute Gasteiger partial charge is 0.496 e. The number of carbonyl (C=O) groups excluding carboxylic acids is 1. The molecule has 0 unspecified atom stereocenters. The summed E-state index contributed by atoms with van der Waals surface area (Å²) in [7, 11) is 2.92. The Labute approximate surface area is 100 Å². The molecule has 1 rings (SSSR count). The van der Waals surface area contributed by atoms with Crippen molar-refractivity contribution in [2.45, 2.75) is 6.42 Å². The fourth-order valence-corrected chi connectivity index (χ4v) is 1.25. The Balaban J connectivity index is 2.89. The average Bonchev–Trinajstić information content (AvgIpc) is 2.37. The molecule has 1 aromatic rings. The van der Waals surface area contributed by atoms with Gasteiger partial charge >= 0.3 is 5.97 Å². The van der Waals surface area contributed by atoms with Crippen LogP contribution in [0, 0.1) is 6.92 Å². The van der Waals surface area contributed by atoms with Crippen molar-refractivity contribution < 1.29 is 24.0 Å². The molecule has 0 amide bonds. The minimum absolute atomic E-state index is 0.196. The molecule has 0 saturated heterocycles. The van der Waals surface area contributed by atoms with E-state index in [9.17, 15) is 4.79 Å². The number of methoxy groups -OCH3 is 2. The Morgan fingerprint density at radius 1 is 1.24 bits per heavy atom. The van der Waals surface area contributed by atoms with E-state index in [0.717, 1.165) is 0 Å². The number of benzene rings is 1. The molecule has 0 bridgehead atoms. The van der Waals surface area contributed by atoms with Gasteiger partial charge in [0.05, 0.1) is 20.8 Å². The number of rotatable bonds is 6. The molecule has 93 valence electrons. The van der Waals surface area contributed by atoms with Crippen molar-refractivity contribution in [3.05, 3.63) is 30.7 Å². The second-order valence-corrected chi connectivity index (χ2v) is 3.08. The van der Waals surface area contributed by atoms with Crippen molar-refractivity contribution in [3.63, 3.8) is 0 Å². The third-order valence-corrected chi connectivity index (χ3v) is 1.99. The third-order valence-electron chi connectivity index (χ3n) is 1.99. The molecule has 1 aromatic carbocycles. The minimum atomic E-state index is -0.659. The van der Waals surface area contributed by atoms with Crippen molar-refractivity contribution in [1.29, 1.82) is 0 Å². The lowest BCUT2D eigenvalue weighted by molar-refractivity contribution is -0.239. The van der Waals surface area contributed by atoms with Gasteiger partial charge in [-0.2, -0.15) is 4.89 Å². The first-order valence-electron chi connectivity index (χ1n) is 5.08. The molecule has 0 N–H and O–H groups in total. The van der Waals surface area contributed by atoms with Crippen LogP contribution in [0.4, 0.5) is 0 Å². The second-order valence-electron chi connectivity index (χ2n) is 3.08. The topological polar surface area (TPSA) is 54.0 Å². The van der Waals surface area contributed by atoms with Gasteiger partial charge in [-0.15, -0.1) is 0 Å². The van der Waals surface area contributed by atoms with Crippen molar-refractivity contribution in [1.82, 2.24) is 0 Å². The van der Waals surface area contributed by atoms with Gasteiger partial charge < -0.3 is 9.47 Å². The van der Waals surface area contributed by atoms with Gasteiger partial charge in [0.1, 0.15) is 17.1 Å². The third kappa shape index (κ3) is 3.35. The molecule has 1 radical (unpaired) electrons. The van der Waals surface area contributed by atoms with E-state index in [-0.39, 0.29) is 12.2 Å². The molecular weight excluding hydrogens is 224 g/mol. The zero-order chi connectivity index (χ0) is 12.7. The molecule has 0 atom stereocenters. The highest BCUT2D eigenvalue weighted by molar-refractivity contribution is 5.95. The lowest BCUT2D eigenvalue weighted by Crippen LogP contribution is -2.10. The van der Waals surface area contributed by atoms with Gasteiger partial charge in [0, 0.05) is 0 Å². The lowest BCUT2D eigenvalue weighted by atomic mass is 10.2. The van der Waals surface area contributed by atoms with Crippen LogP contribution in [0.25, 0.3) is 0 Å². The summed E-state index contributed by atoms with van der Waals surface area (Å²) in [5.41, 5.74) is 0.196. The molecule has 0 saturated carbocycles. The van der Waals surface area contributed by atoms with Crippen molar-refractivity contribution in [2.75, 3.05) is 20.8 Å². The highest BCUT2D eigenvalue weighted by Crippen LogP contribution is 2.28. The van der Waals surface area contributed by atoms with Crippen LogP contribution in [0.2, 0.25) is 0 Å². The molecule has 17 heavy (non-hydrogen) atoms. The van der Waals surface area contributed by atoms with E-state index in [4.69, 9.17) is 9.47 Å². The van der Waals surface area contributed by atoms with Crippen molar-refractivity contribution in [3.8, 4) is 11.5 Å². The molecule has 0 aliphatic carbocycles. The zero-order valence-electron chi connectivity index (χ0n) is 9.89. The molecule has 0 heterocycles. The van der Waals surface area contributed by atoms with Gasteiger partial charge in [0.2, 0.25) is 0 Å². The summed E-state index contributed by atoms with van der Waals surface area (Å²) in [4.78, 5) is 21.0. The van der Waals surface area contributed by atoms with Gasteiger partial charge in [-0.05, 0) is 18.6 Å². The first-order valence-corrected chi connectivity index (χ1v) is 5.08. The van der Waals surface area contributed by atoms with Gasteiger partial charge in [0.15, 0.2) is 0 Å². The molecule has 0 fully saturated rings. The molecule has 0 spiro atoms. The van der Waals surface area contributed by atoms with Crippen LogP contribution in [0.3, 0.4) is 0 Å². The summed E-state index contributed by atoms with van der Waals surface area (Å²) in [6.07, 6.45) is 0.510. The number of hydrogen-bond donors (Lipinski definition) is 0. The molecule has 0 aromatic heterocycles. The van der Waals surface area contributed by atoms with E-state index in [1.807, 2.05) is 0 Å². The number of ether oxygens (including phenoxy) is 2. The summed E-state index contributed by atoms with van der Waals surface area (Å²) in [5.74, 6) is 0.0768. The quantitative estimate of drug-likeness (QED) is 0.432. The van der Waals surface area contributed by atoms with Crippen LogP contribution in [0.5, 0.6) is 11.5 Å². The van der Waals surface area contributed by atoms with E-state index >= 15 is 0 Å². The number of carbonyl (C=O) groups is 1. The van der Waals surface area contributed by atoms with E-state index in [1.54, 1.807) is 18.2 Å². The van der Waals surface area contributed by atoms with Crippen LogP contribution >= 0.6 is 0 Å². The Morgan fingerprint density at radius 2 is 1.82 bits per heavy atom. The standard InChI is InChI=1S/C12H15O5/c1-4-8-16-17-12(13)11-9(14-2)6-5-7-10(11)15-3/h5-7H,1,4,8H2,2-3H3. The van der Waals surface area contributed by atoms with Crippen LogP contribution in [-0.2, 0) is 9.78 Å². The number of hydrogen-bond acceptors (Lipinski definition) is 5. The molecule has 5 heteroatoms. The normalized spacial score (nSPS) is 9.82. The average molecular weight is 239 g/mol. The Bertz CT molecular complexity index is 353. The monoisotopic (exact) mass is 239 g/mol. The summed E-state index contributed by atoms with van der Waals surface area (Å²) >= 11 is 0. The minimum Gasteiger partial charge on any atom is -0.496 e. The van der Waals surface area contributed by atoms with Crippen molar-refractivity contribution in [2.24, 2.45) is 0 Å². The Hall–Kier alpha value is -1.75. The maximum absolute atomic E-state index is 11.8. The van der Waals surface area contributed by atoms with Gasteiger partial charge in [-0.3, -0.25) is 4.89 Å². The Kier molecular flexibility index (Phi) is 5.29. The van der Waals surface area contributed by atoms with Crippen LogP contribution in [-0.4, -0.2) is 26.8 Å². The first kappa shape index (κ1) is 13.3. The first-order chi connectivity index (χ1) is 8.24. The van der Waals surface area contributed by atoms with E-state index in [2.05, 4.69) is 16.7 Å². The maximum atomic E-state index is 11.8. The summed E-state index contributed by atoms with van der Waals surface area (Å²) in [6, 6.07) is 4.99. The predicted octanol–water partition coefficient (Wildman–Crippen LogP) is 2.02. The lowest BCUT2D eigenvalue weighted by Gasteiger charge is -2.11. The zero-order valence-corrected chi connectivity index (χ0v) is 9.89. The summed E-state index contributed by atoms with van der Waals surface area (Å²) < 4.78 is 10.1. The molecule has 0 aliphatic rings. The van der Waals surface area contributed by atoms with E-state index < -0.39 is 5.97 Å². The predicted molar refractivity (Wildman–Crippen MR) is 60.9 cm³/mol. The fraction of sp³-hybridized carbons (Fsp3) is 0.333. The Morgan fingerprint density at radius 3 is 2.29 bits per heavy atom. The maximum Gasteiger partial charge on any atom is 0.380 e. The summed E-state index contributed by atoms with van der Waals surface area (Å²) in [6.45, 7) is 3.80. The van der Waals surface area contributed by atoms with Crippen LogP contribution < -0.4 is 9.47 Å². The fourth-order valence-electron chi connectivity index (χ4n) is 1.25.